The molecular formula is C27H26N6O5. The van der Waals surface area contributed by atoms with Crippen molar-refractivity contribution >= 4 is 28.7 Å². The Kier molecular flexibility index (Phi) is 6.16. The lowest BCUT2D eigenvalue weighted by atomic mass is 10.1. The van der Waals surface area contributed by atoms with Crippen molar-refractivity contribution in [3.63, 3.8) is 0 Å². The van der Waals surface area contributed by atoms with Crippen molar-refractivity contribution in [1.82, 2.24) is 25.6 Å². The normalized spacial score (nSPS) is 19.7. The molecule has 0 radical (unpaired) electrons. The van der Waals surface area contributed by atoms with Crippen molar-refractivity contribution < 1.29 is 23.8 Å². The number of fused-ring (bicyclic) bond motifs is 8. The first-order valence-corrected chi connectivity index (χ1v) is 12.2. The number of carbonyl (C=O) groups excluding carboxylic acids is 2. The van der Waals surface area contributed by atoms with E-state index in [1.807, 2.05) is 36.5 Å². The van der Waals surface area contributed by atoms with Crippen molar-refractivity contribution in [3.05, 3.63) is 72.2 Å². The summed E-state index contributed by atoms with van der Waals surface area (Å²) in [5, 5.41) is 6.86. The van der Waals surface area contributed by atoms with Gasteiger partial charge in [-0.05, 0) is 42.0 Å². The molecule has 11 heteroatoms. The van der Waals surface area contributed by atoms with Crippen LogP contribution in [0.5, 0.6) is 17.2 Å². The number of methoxy groups -OCH3 is 1. The highest BCUT2D eigenvalue weighted by molar-refractivity contribution is 5.95. The number of H-pyrrole nitrogens is 1. The Bertz CT molecular complexity index is 1490. The van der Waals surface area contributed by atoms with Crippen molar-refractivity contribution in [1.29, 1.82) is 0 Å². The monoisotopic (exact) mass is 514 g/mol. The lowest BCUT2D eigenvalue weighted by molar-refractivity contribution is -0.123. The Morgan fingerprint density at radius 1 is 1.05 bits per heavy atom. The van der Waals surface area contributed by atoms with Crippen molar-refractivity contribution in [2.45, 2.75) is 18.7 Å². The van der Waals surface area contributed by atoms with Gasteiger partial charge in [-0.15, -0.1) is 0 Å². The summed E-state index contributed by atoms with van der Waals surface area (Å²) in [7, 11) is 1.50. The number of ether oxygens (including phenoxy) is 3. The van der Waals surface area contributed by atoms with Gasteiger partial charge in [0.2, 0.25) is 0 Å². The molecule has 2 amide bonds. The van der Waals surface area contributed by atoms with Gasteiger partial charge >= 0.3 is 0 Å². The zero-order valence-electron chi connectivity index (χ0n) is 20.6. The molecule has 0 unspecified atom stereocenters. The first kappa shape index (κ1) is 23.6. The van der Waals surface area contributed by atoms with Crippen LogP contribution in [0.4, 0.5) is 5.82 Å². The Hall–Kier alpha value is -4.80. The van der Waals surface area contributed by atoms with Gasteiger partial charge in [0.1, 0.15) is 29.6 Å². The Balaban J connectivity index is 1.34. The third kappa shape index (κ3) is 4.65. The second kappa shape index (κ2) is 9.92. The summed E-state index contributed by atoms with van der Waals surface area (Å²) in [4.78, 5) is 39.7. The number of hydrogen-bond donors (Lipinski definition) is 3. The molecule has 194 valence electrons. The summed E-state index contributed by atoms with van der Waals surface area (Å²) in [6, 6.07) is 14.0. The van der Waals surface area contributed by atoms with E-state index in [1.165, 1.54) is 13.4 Å². The molecule has 3 aliphatic heterocycles. The Morgan fingerprint density at radius 3 is 2.76 bits per heavy atom. The molecule has 4 bridgehead atoms. The van der Waals surface area contributed by atoms with E-state index < -0.39 is 0 Å². The average Bonchev–Trinajstić information content (AvgIpc) is 3.58. The molecule has 5 heterocycles. The number of nitrogens with zero attached hydrogens (tertiary/aromatic N) is 3. The largest absolute Gasteiger partial charge is 0.493 e. The van der Waals surface area contributed by atoms with Gasteiger partial charge in [-0.1, -0.05) is 12.1 Å². The van der Waals surface area contributed by atoms with E-state index in [0.29, 0.717) is 42.4 Å². The molecule has 38 heavy (non-hydrogen) atoms. The van der Waals surface area contributed by atoms with Crippen LogP contribution in [-0.2, 0) is 11.3 Å². The first-order valence-electron chi connectivity index (χ1n) is 12.2. The second-order valence-corrected chi connectivity index (χ2v) is 9.15. The van der Waals surface area contributed by atoms with Crippen LogP contribution >= 0.6 is 0 Å². The zero-order chi connectivity index (χ0) is 26.1. The smallest absolute Gasteiger partial charge is 0.258 e. The fourth-order valence-electron chi connectivity index (χ4n) is 4.75. The van der Waals surface area contributed by atoms with Crippen LogP contribution in [0.15, 0.2) is 61.1 Å². The fraction of sp³-hybridized carbons (Fsp3) is 0.259. The van der Waals surface area contributed by atoms with E-state index in [-0.39, 0.29) is 30.6 Å². The molecule has 1 fully saturated rings. The number of benzene rings is 2. The molecule has 2 aromatic heterocycles. The van der Waals surface area contributed by atoms with E-state index in [0.717, 1.165) is 22.4 Å². The molecule has 0 spiro atoms. The maximum absolute atomic E-state index is 13.4. The predicted octanol–water partition coefficient (Wildman–Crippen LogP) is 2.04. The number of carbonyl (C=O) groups is 2. The lowest BCUT2D eigenvalue weighted by Gasteiger charge is -2.21. The summed E-state index contributed by atoms with van der Waals surface area (Å²) in [5.41, 5.74) is 2.04. The number of hydrogen-bond acceptors (Lipinski definition) is 8. The SMILES string of the molecule is COc1ccc2cc1OCC(=O)NCc1ccc(cc1)O[C@H]1CN(c3ncnc4[nH]ccc34)C[C@@H]1NC2=O. The van der Waals surface area contributed by atoms with Gasteiger partial charge in [0.05, 0.1) is 25.1 Å². The third-order valence-corrected chi connectivity index (χ3v) is 6.70. The summed E-state index contributed by atoms with van der Waals surface area (Å²) < 4.78 is 17.5. The maximum atomic E-state index is 13.4. The molecule has 11 nitrogen and oxygen atoms in total. The molecule has 7 rings (SSSR count). The number of rotatable bonds is 2. The Labute approximate surface area is 218 Å². The average molecular weight is 515 g/mol. The minimum atomic E-state index is -0.349. The fourth-order valence-corrected chi connectivity index (χ4v) is 4.75. The zero-order valence-corrected chi connectivity index (χ0v) is 20.6. The number of nitrogens with one attached hydrogen (secondary N) is 3. The van der Waals surface area contributed by atoms with E-state index >= 15 is 0 Å². The minimum absolute atomic E-state index is 0.213. The lowest BCUT2D eigenvalue weighted by Crippen LogP contribution is -2.45. The molecular weight excluding hydrogens is 488 g/mol. The highest BCUT2D eigenvalue weighted by Gasteiger charge is 2.37. The summed E-state index contributed by atoms with van der Waals surface area (Å²) in [5.74, 6) is 1.59. The van der Waals surface area contributed by atoms with Crippen LogP contribution < -0.4 is 29.7 Å². The molecule has 4 aromatic rings. The molecule has 0 saturated carbocycles. The number of aromatic amines is 1. The van der Waals surface area contributed by atoms with E-state index in [1.54, 1.807) is 18.2 Å². The quantitative estimate of drug-likeness (QED) is 0.371. The van der Waals surface area contributed by atoms with Gasteiger partial charge in [-0.25, -0.2) is 9.97 Å². The third-order valence-electron chi connectivity index (χ3n) is 6.70. The minimum Gasteiger partial charge on any atom is -0.493 e. The van der Waals surface area contributed by atoms with Crippen molar-refractivity contribution in [2.24, 2.45) is 0 Å². The maximum Gasteiger partial charge on any atom is 0.258 e. The van der Waals surface area contributed by atoms with Gasteiger partial charge in [0.25, 0.3) is 11.8 Å². The van der Waals surface area contributed by atoms with Gasteiger partial charge in [-0.3, -0.25) is 9.59 Å². The highest BCUT2D eigenvalue weighted by atomic mass is 16.5. The van der Waals surface area contributed by atoms with Gasteiger partial charge in [0.15, 0.2) is 18.1 Å². The molecule has 1 saturated heterocycles. The molecule has 2 atom stereocenters. The summed E-state index contributed by atoms with van der Waals surface area (Å²) >= 11 is 0. The molecule has 2 aromatic carbocycles. The van der Waals surface area contributed by atoms with Crippen LogP contribution in [0.3, 0.4) is 0 Å². The Morgan fingerprint density at radius 2 is 1.92 bits per heavy atom. The topological polar surface area (TPSA) is 131 Å². The van der Waals surface area contributed by atoms with Crippen LogP contribution in [0, 0.1) is 0 Å². The number of anilines is 1. The molecule has 0 aliphatic carbocycles. The van der Waals surface area contributed by atoms with E-state index in [9.17, 15) is 9.59 Å². The van der Waals surface area contributed by atoms with Gasteiger partial charge in [0, 0.05) is 24.8 Å². The second-order valence-electron chi connectivity index (χ2n) is 9.15. The van der Waals surface area contributed by atoms with E-state index in [2.05, 4.69) is 30.5 Å². The van der Waals surface area contributed by atoms with Gasteiger partial charge in [-0.2, -0.15) is 0 Å². The van der Waals surface area contributed by atoms with Crippen molar-refractivity contribution in [2.75, 3.05) is 31.7 Å². The van der Waals surface area contributed by atoms with Crippen LogP contribution in [0.1, 0.15) is 15.9 Å². The van der Waals surface area contributed by atoms with Crippen LogP contribution in [0.2, 0.25) is 0 Å². The highest BCUT2D eigenvalue weighted by Crippen LogP contribution is 2.30. The van der Waals surface area contributed by atoms with E-state index in [4.69, 9.17) is 14.2 Å². The van der Waals surface area contributed by atoms with Gasteiger partial charge < -0.3 is 34.7 Å². The van der Waals surface area contributed by atoms with Crippen molar-refractivity contribution in [3.8, 4) is 17.2 Å². The summed E-state index contributed by atoms with van der Waals surface area (Å²) in [6.07, 6.45) is 3.00. The number of aromatic nitrogens is 3. The van der Waals surface area contributed by atoms with Crippen LogP contribution in [0.25, 0.3) is 11.0 Å². The standard InChI is InChI=1S/C27H26N6O5/c1-36-21-7-4-17-10-22(21)37-14-24(34)29-11-16-2-5-18(6-3-16)38-23-13-33(12-20(23)32-27(17)35)26-19-8-9-28-25(19)30-15-31-26/h2-10,15,20,23H,11-14H2,1H3,(H,29,34)(H,32,35)(H,28,30,31)/t20-,23-/m0/s1. The molecule has 3 N–H and O–H groups in total. The predicted molar refractivity (Wildman–Crippen MR) is 139 cm³/mol. The first-order chi connectivity index (χ1) is 18.6. The summed E-state index contributed by atoms with van der Waals surface area (Å²) in [6.45, 7) is 1.13. The van der Waals surface area contributed by atoms with Crippen LogP contribution in [-0.4, -0.2) is 65.7 Å². The number of amides is 2. The molecule has 3 aliphatic rings.